The fourth-order valence-corrected chi connectivity index (χ4v) is 1.04. The largest absolute Gasteiger partial charge is 0.343 e. The molecular formula is C7H9N9O. The highest BCUT2D eigenvalue weighted by molar-refractivity contribution is 5.92. The molecule has 2 rings (SSSR count). The van der Waals surface area contributed by atoms with Crippen molar-refractivity contribution in [2.24, 2.45) is 5.84 Å². The minimum atomic E-state index is -0.383. The normalized spacial score (nSPS) is 9.94. The average molecular weight is 235 g/mol. The number of carbonyl (C=O) groups is 1. The van der Waals surface area contributed by atoms with E-state index in [-0.39, 0.29) is 18.1 Å². The molecule has 2 aromatic rings. The van der Waals surface area contributed by atoms with Crippen molar-refractivity contribution in [3.8, 4) is 0 Å². The van der Waals surface area contributed by atoms with E-state index in [0.29, 0.717) is 11.6 Å². The Morgan fingerprint density at radius 1 is 1.35 bits per heavy atom. The molecule has 10 nitrogen and oxygen atoms in total. The topological polar surface area (TPSA) is 147 Å². The second kappa shape index (κ2) is 4.94. The number of hydrogen-bond acceptors (Lipinski definition) is 8. The van der Waals surface area contributed by atoms with Gasteiger partial charge in [-0.25, -0.2) is 5.84 Å². The zero-order valence-corrected chi connectivity index (χ0v) is 8.58. The molecule has 0 fully saturated rings. The quantitative estimate of drug-likeness (QED) is 0.358. The van der Waals surface area contributed by atoms with Crippen molar-refractivity contribution < 1.29 is 4.79 Å². The Labute approximate surface area is 95.0 Å². The van der Waals surface area contributed by atoms with Crippen LogP contribution in [0, 0.1) is 0 Å². The molecule has 10 heteroatoms. The smallest absolute Gasteiger partial charge is 0.272 e. The summed E-state index contributed by atoms with van der Waals surface area (Å²) >= 11 is 0. The summed E-state index contributed by atoms with van der Waals surface area (Å²) in [6.45, 7) is 0.161. The van der Waals surface area contributed by atoms with E-state index in [4.69, 9.17) is 5.84 Å². The number of hydrogen-bond donors (Lipinski definition) is 4. The standard InChI is InChI=1S/C7H9N9O/c8-10-5-2-1-4(11-12-5)7(17)9-3-6-13-15-16-14-6/h1-2H,3,8H2,(H,9,17)(H,10,12)(H,13,14,15,16). The number of tetrazole rings is 1. The van der Waals surface area contributed by atoms with Crippen LogP contribution in [-0.2, 0) is 6.54 Å². The van der Waals surface area contributed by atoms with Gasteiger partial charge in [0.05, 0.1) is 6.54 Å². The van der Waals surface area contributed by atoms with Crippen LogP contribution in [-0.4, -0.2) is 36.7 Å². The van der Waals surface area contributed by atoms with Crippen LogP contribution >= 0.6 is 0 Å². The Hall–Kier alpha value is -2.62. The molecule has 0 aliphatic rings. The van der Waals surface area contributed by atoms with E-state index in [2.05, 4.69) is 41.6 Å². The van der Waals surface area contributed by atoms with Crippen molar-refractivity contribution in [1.29, 1.82) is 0 Å². The number of anilines is 1. The maximum absolute atomic E-state index is 11.6. The van der Waals surface area contributed by atoms with Crippen LogP contribution in [0.1, 0.15) is 16.3 Å². The summed E-state index contributed by atoms with van der Waals surface area (Å²) < 4.78 is 0. The van der Waals surface area contributed by atoms with Gasteiger partial charge in [0.1, 0.15) is 0 Å². The van der Waals surface area contributed by atoms with Gasteiger partial charge < -0.3 is 10.7 Å². The van der Waals surface area contributed by atoms with Gasteiger partial charge in [-0.3, -0.25) is 4.79 Å². The first-order chi connectivity index (χ1) is 8.29. The summed E-state index contributed by atoms with van der Waals surface area (Å²) in [5.74, 6) is 5.49. The van der Waals surface area contributed by atoms with E-state index in [9.17, 15) is 4.79 Å². The van der Waals surface area contributed by atoms with Gasteiger partial charge in [0.2, 0.25) is 0 Å². The molecule has 1 amide bonds. The lowest BCUT2D eigenvalue weighted by molar-refractivity contribution is 0.0944. The molecule has 88 valence electrons. The Morgan fingerprint density at radius 3 is 2.82 bits per heavy atom. The zero-order chi connectivity index (χ0) is 12.1. The van der Waals surface area contributed by atoms with Crippen LogP contribution < -0.4 is 16.6 Å². The number of amides is 1. The molecule has 0 atom stereocenters. The fraction of sp³-hybridized carbons (Fsp3) is 0.143. The number of hydrazine groups is 1. The Kier molecular flexibility index (Phi) is 3.16. The Bertz CT molecular complexity index is 479. The number of nitrogens with one attached hydrogen (secondary N) is 3. The van der Waals surface area contributed by atoms with E-state index in [1.54, 1.807) is 0 Å². The lowest BCUT2D eigenvalue weighted by atomic mass is 10.3. The molecule has 0 bridgehead atoms. The number of aromatic amines is 1. The molecule has 2 heterocycles. The van der Waals surface area contributed by atoms with Crippen LogP contribution in [0.3, 0.4) is 0 Å². The van der Waals surface area contributed by atoms with Crippen molar-refractivity contribution in [2.45, 2.75) is 6.54 Å². The van der Waals surface area contributed by atoms with E-state index >= 15 is 0 Å². The third kappa shape index (κ3) is 2.69. The summed E-state index contributed by atoms with van der Waals surface area (Å²) in [6, 6.07) is 3.03. The molecule has 0 aromatic carbocycles. The van der Waals surface area contributed by atoms with Gasteiger partial charge in [-0.1, -0.05) is 5.21 Å². The molecular weight excluding hydrogens is 226 g/mol. The number of H-pyrrole nitrogens is 1. The van der Waals surface area contributed by atoms with Crippen LogP contribution in [0.4, 0.5) is 5.82 Å². The second-order valence-corrected chi connectivity index (χ2v) is 2.96. The maximum atomic E-state index is 11.6. The van der Waals surface area contributed by atoms with Crippen molar-refractivity contribution >= 4 is 11.7 Å². The number of nitrogens with two attached hydrogens (primary N) is 1. The second-order valence-electron chi connectivity index (χ2n) is 2.96. The minimum Gasteiger partial charge on any atom is -0.343 e. The highest BCUT2D eigenvalue weighted by Crippen LogP contribution is 1.99. The highest BCUT2D eigenvalue weighted by atomic mass is 16.1. The molecule has 0 saturated carbocycles. The maximum Gasteiger partial charge on any atom is 0.272 e. The van der Waals surface area contributed by atoms with E-state index < -0.39 is 0 Å². The Balaban J connectivity index is 1.95. The predicted octanol–water partition coefficient (Wildman–Crippen LogP) is -1.79. The molecule has 0 spiro atoms. The first-order valence-electron chi connectivity index (χ1n) is 4.60. The number of carbonyl (C=O) groups excluding carboxylic acids is 1. The summed E-state index contributed by atoms with van der Waals surface area (Å²) in [6.07, 6.45) is 0. The molecule has 2 aromatic heterocycles. The van der Waals surface area contributed by atoms with Crippen LogP contribution in [0.2, 0.25) is 0 Å². The van der Waals surface area contributed by atoms with Gasteiger partial charge in [0, 0.05) is 0 Å². The lowest BCUT2D eigenvalue weighted by Gasteiger charge is -2.01. The van der Waals surface area contributed by atoms with Gasteiger partial charge in [0.15, 0.2) is 17.3 Å². The minimum absolute atomic E-state index is 0.161. The van der Waals surface area contributed by atoms with Crippen molar-refractivity contribution in [1.82, 2.24) is 36.1 Å². The molecule has 0 radical (unpaired) electrons. The molecule has 0 saturated heterocycles. The molecule has 0 unspecified atom stereocenters. The summed E-state index contributed by atoms with van der Waals surface area (Å²) in [5.41, 5.74) is 2.48. The van der Waals surface area contributed by atoms with Gasteiger partial charge in [-0.2, -0.15) is 5.21 Å². The van der Waals surface area contributed by atoms with E-state index in [1.807, 2.05) is 0 Å². The van der Waals surface area contributed by atoms with Crippen molar-refractivity contribution in [3.05, 3.63) is 23.7 Å². The average Bonchev–Trinajstić information content (AvgIpc) is 2.89. The summed E-state index contributed by atoms with van der Waals surface area (Å²) in [7, 11) is 0. The van der Waals surface area contributed by atoms with Gasteiger partial charge in [-0.05, 0) is 12.1 Å². The van der Waals surface area contributed by atoms with Gasteiger partial charge >= 0.3 is 0 Å². The predicted molar refractivity (Wildman–Crippen MR) is 55.2 cm³/mol. The monoisotopic (exact) mass is 235 g/mol. The number of rotatable bonds is 4. The van der Waals surface area contributed by atoms with E-state index in [0.717, 1.165) is 0 Å². The van der Waals surface area contributed by atoms with Crippen molar-refractivity contribution in [3.63, 3.8) is 0 Å². The van der Waals surface area contributed by atoms with Crippen LogP contribution in [0.25, 0.3) is 0 Å². The number of nitrogens with zero attached hydrogens (tertiary/aromatic N) is 5. The zero-order valence-electron chi connectivity index (χ0n) is 8.58. The van der Waals surface area contributed by atoms with Crippen LogP contribution in [0.5, 0.6) is 0 Å². The number of aromatic nitrogens is 6. The molecule has 0 aliphatic carbocycles. The Morgan fingerprint density at radius 2 is 2.24 bits per heavy atom. The van der Waals surface area contributed by atoms with Crippen LogP contribution in [0.15, 0.2) is 12.1 Å². The lowest BCUT2D eigenvalue weighted by Crippen LogP contribution is -2.25. The van der Waals surface area contributed by atoms with Crippen molar-refractivity contribution in [2.75, 3.05) is 5.43 Å². The third-order valence-corrected chi connectivity index (χ3v) is 1.84. The molecule has 5 N–H and O–H groups in total. The molecule has 0 aliphatic heterocycles. The summed E-state index contributed by atoms with van der Waals surface area (Å²) in [4.78, 5) is 11.6. The first-order valence-corrected chi connectivity index (χ1v) is 4.60. The summed E-state index contributed by atoms with van der Waals surface area (Å²) in [5, 5.41) is 22.9. The number of nitrogen functional groups attached to an aromatic ring is 1. The SMILES string of the molecule is NNc1ccc(C(=O)NCc2nn[nH]n2)nn1. The first kappa shape index (κ1) is 10.9. The van der Waals surface area contributed by atoms with E-state index in [1.165, 1.54) is 12.1 Å². The van der Waals surface area contributed by atoms with Gasteiger partial charge in [0.25, 0.3) is 5.91 Å². The highest BCUT2D eigenvalue weighted by Gasteiger charge is 2.08. The van der Waals surface area contributed by atoms with Gasteiger partial charge in [-0.15, -0.1) is 20.4 Å². The molecule has 17 heavy (non-hydrogen) atoms. The fourth-order valence-electron chi connectivity index (χ4n) is 1.04. The third-order valence-electron chi connectivity index (χ3n) is 1.84.